The molecule has 0 spiro atoms. The second kappa shape index (κ2) is 4.44. The zero-order valence-corrected chi connectivity index (χ0v) is 10.8. The van der Waals surface area contributed by atoms with Crippen LogP contribution in [0.2, 0.25) is 0 Å². The number of fused-ring (bicyclic) bond motifs is 1. The Morgan fingerprint density at radius 1 is 1.00 bits per heavy atom. The highest BCUT2D eigenvalue weighted by molar-refractivity contribution is 5.82. The van der Waals surface area contributed by atoms with Gasteiger partial charge in [-0.1, -0.05) is 18.2 Å². The first-order valence-corrected chi connectivity index (χ1v) is 6.26. The number of nitrogens with one attached hydrogen (secondary N) is 2. The van der Waals surface area contributed by atoms with Crippen LogP contribution in [0, 0.1) is 6.92 Å². The average Bonchev–Trinajstić information content (AvgIpc) is 2.84. The standard InChI is InChI=1S/C15H13F3N2/c1-9-3-2-4-11(15(16,17)18)14(9)10-5-6-12-13(7-10)20-8-19-12/h2-7,19-20H,8H2,1H3. The Hall–Kier alpha value is -2.17. The number of aryl methyl sites for hydroxylation is 1. The molecule has 0 saturated heterocycles. The van der Waals surface area contributed by atoms with Crippen molar-refractivity contribution in [3.8, 4) is 11.1 Å². The van der Waals surface area contributed by atoms with E-state index in [0.717, 1.165) is 17.4 Å². The monoisotopic (exact) mass is 278 g/mol. The molecule has 0 fully saturated rings. The first-order chi connectivity index (χ1) is 9.47. The van der Waals surface area contributed by atoms with Crippen molar-refractivity contribution >= 4 is 11.4 Å². The lowest BCUT2D eigenvalue weighted by molar-refractivity contribution is -0.137. The van der Waals surface area contributed by atoms with Crippen molar-refractivity contribution in [1.82, 2.24) is 0 Å². The van der Waals surface area contributed by atoms with Crippen LogP contribution in [0.15, 0.2) is 36.4 Å². The summed E-state index contributed by atoms with van der Waals surface area (Å²) in [6.07, 6.45) is -4.36. The fraction of sp³-hybridized carbons (Fsp3) is 0.200. The smallest absolute Gasteiger partial charge is 0.366 e. The third-order valence-electron chi connectivity index (χ3n) is 3.44. The van der Waals surface area contributed by atoms with Crippen molar-refractivity contribution in [2.75, 3.05) is 17.3 Å². The average molecular weight is 278 g/mol. The van der Waals surface area contributed by atoms with E-state index in [2.05, 4.69) is 10.6 Å². The molecule has 3 rings (SSSR count). The minimum Gasteiger partial charge on any atom is -0.366 e. The molecule has 0 aliphatic carbocycles. The molecule has 2 aromatic carbocycles. The minimum atomic E-state index is -4.36. The highest BCUT2D eigenvalue weighted by atomic mass is 19.4. The number of benzene rings is 2. The maximum atomic E-state index is 13.2. The van der Waals surface area contributed by atoms with Crippen molar-refractivity contribution in [3.05, 3.63) is 47.5 Å². The molecule has 0 saturated carbocycles. The SMILES string of the molecule is Cc1cccc(C(F)(F)F)c1-c1ccc2c(c1)NCN2. The maximum Gasteiger partial charge on any atom is 0.417 e. The van der Waals surface area contributed by atoms with Crippen molar-refractivity contribution in [2.24, 2.45) is 0 Å². The van der Waals surface area contributed by atoms with E-state index in [4.69, 9.17) is 0 Å². The maximum absolute atomic E-state index is 13.2. The molecule has 5 heteroatoms. The van der Waals surface area contributed by atoms with Crippen LogP contribution in [0.1, 0.15) is 11.1 Å². The molecule has 1 aliphatic heterocycles. The quantitative estimate of drug-likeness (QED) is 0.804. The summed E-state index contributed by atoms with van der Waals surface area (Å²) in [4.78, 5) is 0. The minimum absolute atomic E-state index is 0.247. The topological polar surface area (TPSA) is 24.1 Å². The molecule has 1 aliphatic rings. The van der Waals surface area contributed by atoms with Gasteiger partial charge in [-0.05, 0) is 41.8 Å². The Bertz CT molecular complexity index is 663. The highest BCUT2D eigenvalue weighted by Crippen LogP contribution is 2.40. The van der Waals surface area contributed by atoms with Crippen LogP contribution in [-0.4, -0.2) is 6.67 Å². The Kier molecular flexibility index (Phi) is 2.85. The van der Waals surface area contributed by atoms with Crippen LogP contribution in [0.3, 0.4) is 0 Å². The first kappa shape index (κ1) is 12.8. The second-order valence-corrected chi connectivity index (χ2v) is 4.79. The second-order valence-electron chi connectivity index (χ2n) is 4.79. The van der Waals surface area contributed by atoms with Gasteiger partial charge in [0.15, 0.2) is 0 Å². The summed E-state index contributed by atoms with van der Waals surface area (Å²) < 4.78 is 39.5. The molecule has 2 aromatic rings. The van der Waals surface area contributed by atoms with Gasteiger partial charge in [0.1, 0.15) is 0 Å². The van der Waals surface area contributed by atoms with E-state index >= 15 is 0 Å². The Morgan fingerprint density at radius 3 is 2.50 bits per heavy atom. The fourth-order valence-corrected chi connectivity index (χ4v) is 2.52. The number of hydrogen-bond donors (Lipinski definition) is 2. The van der Waals surface area contributed by atoms with Crippen LogP contribution < -0.4 is 10.6 Å². The molecule has 1 heterocycles. The van der Waals surface area contributed by atoms with Gasteiger partial charge >= 0.3 is 6.18 Å². The van der Waals surface area contributed by atoms with E-state index in [0.29, 0.717) is 17.8 Å². The van der Waals surface area contributed by atoms with E-state index in [9.17, 15) is 13.2 Å². The largest absolute Gasteiger partial charge is 0.417 e. The van der Waals surface area contributed by atoms with Crippen LogP contribution in [0.4, 0.5) is 24.5 Å². The normalized spacial score (nSPS) is 13.6. The van der Waals surface area contributed by atoms with Crippen LogP contribution >= 0.6 is 0 Å². The summed E-state index contributed by atoms with van der Waals surface area (Å²) in [5.41, 5.74) is 2.59. The zero-order chi connectivity index (χ0) is 14.3. The number of rotatable bonds is 1. The molecule has 104 valence electrons. The first-order valence-electron chi connectivity index (χ1n) is 6.26. The van der Waals surface area contributed by atoms with Crippen LogP contribution in [0.25, 0.3) is 11.1 Å². The molecule has 20 heavy (non-hydrogen) atoms. The molecule has 0 bridgehead atoms. The molecule has 0 atom stereocenters. The third kappa shape index (κ3) is 2.09. The molecule has 0 aromatic heterocycles. The molecular formula is C15H13F3N2. The molecule has 0 unspecified atom stereocenters. The predicted molar refractivity (Wildman–Crippen MR) is 73.7 cm³/mol. The van der Waals surface area contributed by atoms with Gasteiger partial charge in [-0.15, -0.1) is 0 Å². The summed E-state index contributed by atoms with van der Waals surface area (Å²) in [6.45, 7) is 2.29. The highest BCUT2D eigenvalue weighted by Gasteiger charge is 2.34. The van der Waals surface area contributed by atoms with E-state index in [1.165, 1.54) is 6.07 Å². The Labute approximate surface area is 114 Å². The van der Waals surface area contributed by atoms with E-state index < -0.39 is 11.7 Å². The zero-order valence-electron chi connectivity index (χ0n) is 10.8. The van der Waals surface area contributed by atoms with Gasteiger partial charge in [0.2, 0.25) is 0 Å². The van der Waals surface area contributed by atoms with E-state index in [1.54, 1.807) is 31.2 Å². The van der Waals surface area contributed by atoms with Gasteiger partial charge in [-0.25, -0.2) is 0 Å². The lowest BCUT2D eigenvalue weighted by atomic mass is 9.94. The van der Waals surface area contributed by atoms with Crippen LogP contribution in [0.5, 0.6) is 0 Å². The molecule has 0 amide bonds. The summed E-state index contributed by atoms with van der Waals surface area (Å²) in [7, 11) is 0. The molecule has 2 nitrogen and oxygen atoms in total. The fourth-order valence-electron chi connectivity index (χ4n) is 2.52. The Morgan fingerprint density at radius 2 is 1.75 bits per heavy atom. The van der Waals surface area contributed by atoms with Crippen molar-refractivity contribution < 1.29 is 13.2 Å². The van der Waals surface area contributed by atoms with Gasteiger partial charge < -0.3 is 10.6 Å². The number of alkyl halides is 3. The molecule has 0 radical (unpaired) electrons. The van der Waals surface area contributed by atoms with Gasteiger partial charge in [0, 0.05) is 0 Å². The van der Waals surface area contributed by atoms with Crippen LogP contribution in [-0.2, 0) is 6.18 Å². The molecule has 2 N–H and O–H groups in total. The number of hydrogen-bond acceptors (Lipinski definition) is 2. The summed E-state index contributed by atoms with van der Waals surface area (Å²) in [5, 5.41) is 6.20. The van der Waals surface area contributed by atoms with E-state index in [-0.39, 0.29) is 5.56 Å². The summed E-state index contributed by atoms with van der Waals surface area (Å²) in [6, 6.07) is 9.54. The lowest BCUT2D eigenvalue weighted by Gasteiger charge is -2.16. The van der Waals surface area contributed by atoms with Crippen molar-refractivity contribution in [2.45, 2.75) is 13.1 Å². The third-order valence-corrected chi connectivity index (χ3v) is 3.44. The van der Waals surface area contributed by atoms with Crippen molar-refractivity contribution in [3.63, 3.8) is 0 Å². The Balaban J connectivity index is 2.19. The number of halogens is 3. The summed E-state index contributed by atoms with van der Waals surface area (Å²) >= 11 is 0. The van der Waals surface area contributed by atoms with Gasteiger partial charge in [0.25, 0.3) is 0 Å². The van der Waals surface area contributed by atoms with Crippen molar-refractivity contribution in [1.29, 1.82) is 0 Å². The van der Waals surface area contributed by atoms with Gasteiger partial charge in [-0.2, -0.15) is 13.2 Å². The predicted octanol–water partition coefficient (Wildman–Crippen LogP) is 4.48. The van der Waals surface area contributed by atoms with Gasteiger partial charge in [0.05, 0.1) is 23.6 Å². The molecular weight excluding hydrogens is 265 g/mol. The lowest BCUT2D eigenvalue weighted by Crippen LogP contribution is -2.08. The van der Waals surface area contributed by atoms with Gasteiger partial charge in [-0.3, -0.25) is 0 Å². The number of anilines is 2. The summed E-state index contributed by atoms with van der Waals surface area (Å²) in [5.74, 6) is 0. The van der Waals surface area contributed by atoms with E-state index in [1.807, 2.05) is 0 Å².